The number of phosphoric acid groups is 1. The van der Waals surface area contributed by atoms with Crippen molar-refractivity contribution in [3.05, 3.63) is 105 Å². The first kappa shape index (κ1) is 68.4. The van der Waals surface area contributed by atoms with Crippen LogP contribution in [0.15, 0.2) is 83.0 Å². The van der Waals surface area contributed by atoms with E-state index in [4.69, 9.17) is 49.7 Å². The number of carbonyl (C=O) groups excluding carboxylic acids is 4. The third-order valence-electron chi connectivity index (χ3n) is 14.7. The number of halogens is 2. The fraction of sp³-hybridized carbons (Fsp3) is 0.545. The molecule has 4 saturated heterocycles. The van der Waals surface area contributed by atoms with Gasteiger partial charge in [-0.15, -0.1) is 0 Å². The van der Waals surface area contributed by atoms with Crippen LogP contribution in [-0.2, 0) is 69.5 Å². The van der Waals surface area contributed by atoms with E-state index in [9.17, 15) is 38.2 Å². The number of unbranched alkanes of at least 4 members (excludes halogenated alkanes) is 11. The predicted molar refractivity (Wildman–Crippen MR) is 309 cm³/mol. The standard InChI is InChI=1S/C55H68F2N8O17P2S2.Tm/c1-2-3-4-5-6-7-8-9-10-14-27-75-36-22-18-35(19-23-36)54(70)78-37-20-16-34(17-21-37)31-86-84(74)77-30-39-47(81-83(72,73)76-29-38-48(82-84)45(57)52(79-38)64-26-24-42(67)62-55(64)71)44(56)53(80-39)65-33-60-46-49(58-32-59-50(46)65)61-41(66)15-12-11-13-25-63-43(68)28-40(85)51(63)69;/h16-24,26,32-33,38-40,44-45,47-48,52-53,85H,2-15,25,27-31H2,1H3,(H,72,73)(H,62,67,71)(H,58,59,61,66);/p-1/t38-,39-,40?,44-,45-,47-,48-,52-,53-,84?;/m1./s1. The number of imidazole rings is 1. The zero-order chi connectivity index (χ0) is 61.0. The molecule has 2 aromatic carbocycles. The summed E-state index contributed by atoms with van der Waals surface area (Å²) in [6.45, 7) is -3.66. The Bertz CT molecular complexity index is 3390. The van der Waals surface area contributed by atoms with Crippen LogP contribution in [0.2, 0.25) is 0 Å². The molecule has 5 aromatic rings. The summed E-state index contributed by atoms with van der Waals surface area (Å²) >= 11 is 5.58. The van der Waals surface area contributed by atoms with Crippen molar-refractivity contribution in [1.29, 1.82) is 0 Å². The summed E-state index contributed by atoms with van der Waals surface area (Å²) in [7, 11) is -5.35. The number of aromatic amines is 1. The van der Waals surface area contributed by atoms with Crippen LogP contribution < -0.4 is 26.0 Å². The number of hydrogen-bond acceptors (Lipinski definition) is 21. The maximum Gasteiger partial charge on any atom is 0.472 e. The molecule has 7 heterocycles. The van der Waals surface area contributed by atoms with E-state index in [0.29, 0.717) is 53.1 Å². The van der Waals surface area contributed by atoms with Crippen molar-refractivity contribution in [1.82, 2.24) is 34.0 Å². The average molecular weight is 1450 g/mol. The van der Waals surface area contributed by atoms with E-state index in [2.05, 4.69) is 27.2 Å². The maximum atomic E-state index is 17.0. The number of esters is 1. The molecule has 3 amide bonds. The van der Waals surface area contributed by atoms with Gasteiger partial charge in [-0.05, 0) is 72.6 Å². The molecule has 0 spiro atoms. The summed E-state index contributed by atoms with van der Waals surface area (Å²) in [5, 5.41) is 1.88. The Labute approximate surface area is 537 Å². The number of likely N-dealkylation sites (tertiary alicyclic amines) is 1. The molecule has 4 aliphatic heterocycles. The number of nitrogens with zero attached hydrogens (tertiary/aromatic N) is 6. The Morgan fingerprint density at radius 1 is 0.793 bits per heavy atom. The molecule has 4 aliphatic rings. The van der Waals surface area contributed by atoms with Crippen LogP contribution in [-0.4, -0.2) is 131 Å². The van der Waals surface area contributed by atoms with E-state index in [1.165, 1.54) is 63.5 Å². The SMILES string of the molecule is CCCCCCCCCCCCOc1ccc(C(=O)Oc2ccc(CSP3(=O)OC[C@H]4O[C@@H](n5cnc6c(NC(=O)CCCCCN7C(=O)CC([S-])C7=O)ncnc65)[C@H](F)[C@@H]4OP(=O)(O)OC[C@H]4O[C@@H](n5ccc(=O)[nH]c5=O)[C@H](F)[C@@H]4O3)cc2)cc1.[Tm]. The van der Waals surface area contributed by atoms with Crippen molar-refractivity contribution in [3.63, 3.8) is 0 Å². The molecule has 479 valence electrons. The molecule has 32 heteroatoms. The molecule has 0 aliphatic carbocycles. The van der Waals surface area contributed by atoms with E-state index in [-0.39, 0.29) is 96.2 Å². The molecule has 0 saturated carbocycles. The number of carbonyl (C=O) groups is 4. The van der Waals surface area contributed by atoms with Crippen molar-refractivity contribution in [2.24, 2.45) is 0 Å². The number of rotatable bonds is 26. The number of benzene rings is 2. The molecule has 9 rings (SSSR count). The number of phosphoric ester groups is 1. The fourth-order valence-electron chi connectivity index (χ4n) is 10.1. The van der Waals surface area contributed by atoms with Crippen LogP contribution in [0.3, 0.4) is 0 Å². The monoisotopic (exact) mass is 1440 g/mol. The molecule has 25 nitrogen and oxygen atoms in total. The summed E-state index contributed by atoms with van der Waals surface area (Å²) in [5.41, 5.74) is -1.19. The van der Waals surface area contributed by atoms with E-state index in [0.717, 1.165) is 47.2 Å². The third-order valence-corrected chi connectivity index (χ3v) is 19.7. The van der Waals surface area contributed by atoms with Gasteiger partial charge in [0, 0.05) is 74.3 Å². The van der Waals surface area contributed by atoms with Gasteiger partial charge in [0.05, 0.1) is 31.7 Å². The van der Waals surface area contributed by atoms with E-state index >= 15 is 13.3 Å². The number of H-pyrrole nitrogens is 1. The van der Waals surface area contributed by atoms with Crippen LogP contribution in [0.1, 0.15) is 132 Å². The smallest absolute Gasteiger partial charge is 0.472 e. The van der Waals surface area contributed by atoms with Crippen molar-refractivity contribution >= 4 is 79.3 Å². The number of alkyl halides is 2. The Balaban J connectivity index is 0.00000982. The molecule has 87 heavy (non-hydrogen) atoms. The normalized spacial score (nSPS) is 26.6. The molecule has 3 unspecified atom stereocenters. The van der Waals surface area contributed by atoms with Crippen LogP contribution >= 0.6 is 26.0 Å². The zero-order valence-electron chi connectivity index (χ0n) is 47.2. The van der Waals surface area contributed by atoms with Gasteiger partial charge >= 0.3 is 26.3 Å². The largest absolute Gasteiger partial charge is 0.779 e. The van der Waals surface area contributed by atoms with Gasteiger partial charge in [0.25, 0.3) is 5.56 Å². The number of nitrogens with one attached hydrogen (secondary N) is 2. The summed E-state index contributed by atoms with van der Waals surface area (Å²) in [4.78, 5) is 102. The van der Waals surface area contributed by atoms with Gasteiger partial charge in [-0.25, -0.2) is 42.5 Å². The molecule has 0 bridgehead atoms. The minimum absolute atomic E-state index is 0. The van der Waals surface area contributed by atoms with Gasteiger partial charge in [-0.1, -0.05) is 88.5 Å². The topological polar surface area (TPSA) is 310 Å². The fourth-order valence-corrected chi connectivity index (χ4v) is 14.7. The second kappa shape index (κ2) is 32.0. The number of ether oxygens (including phenoxy) is 4. The number of anilines is 1. The van der Waals surface area contributed by atoms with Crippen molar-refractivity contribution < 1.29 is 116 Å². The first-order chi connectivity index (χ1) is 41.4. The molecular formula is C55H67F2N8O17P2S2Tm-. The Kier molecular flexibility index (Phi) is 25.2. The van der Waals surface area contributed by atoms with Gasteiger partial charge < -0.3 is 41.8 Å². The predicted octanol–water partition coefficient (Wildman–Crippen LogP) is 8.50. The maximum absolute atomic E-state index is 17.0. The Morgan fingerprint density at radius 2 is 1.43 bits per heavy atom. The van der Waals surface area contributed by atoms with Gasteiger partial charge in [0.2, 0.25) is 17.7 Å². The van der Waals surface area contributed by atoms with Crippen molar-refractivity contribution in [2.45, 2.75) is 163 Å². The second-order valence-electron chi connectivity index (χ2n) is 21.0. The number of imide groups is 1. The number of aromatic nitrogens is 6. The first-order valence-electron chi connectivity index (χ1n) is 28.5. The third kappa shape index (κ3) is 18.2. The van der Waals surface area contributed by atoms with Crippen molar-refractivity contribution in [2.75, 3.05) is 31.7 Å². The Morgan fingerprint density at radius 3 is 2.09 bits per heavy atom. The molecular weight excluding hydrogens is 1380 g/mol. The average Bonchev–Trinajstić information content (AvgIpc) is 1.84. The number of fused-ring (bicyclic) bond motifs is 3. The molecule has 1 radical (unpaired) electrons. The summed E-state index contributed by atoms with van der Waals surface area (Å²) in [5.74, 6) is -1.23. The quantitative estimate of drug-likeness (QED) is 0.0117. The summed E-state index contributed by atoms with van der Waals surface area (Å²) in [6, 6.07) is 13.6. The van der Waals surface area contributed by atoms with E-state index in [1.54, 1.807) is 36.4 Å². The summed E-state index contributed by atoms with van der Waals surface area (Å²) < 4.78 is 110. The number of hydrogen-bond donors (Lipinski definition) is 3. The van der Waals surface area contributed by atoms with E-state index in [1.807, 2.05) is 4.98 Å². The Hall–Kier alpha value is -4.48. The van der Waals surface area contributed by atoms with Gasteiger partial charge in [-0.2, -0.15) is 0 Å². The van der Waals surface area contributed by atoms with Crippen LogP contribution in [0, 0.1) is 36.9 Å². The van der Waals surface area contributed by atoms with Gasteiger partial charge in [0.15, 0.2) is 41.8 Å². The second-order valence-corrected chi connectivity index (χ2v) is 27.0. The minimum atomic E-state index is -5.35. The minimum Gasteiger partial charge on any atom is -0.779 e. The summed E-state index contributed by atoms with van der Waals surface area (Å²) in [6.07, 6.45) is 0.973. The van der Waals surface area contributed by atoms with Gasteiger partial charge in [-0.3, -0.25) is 56.3 Å². The van der Waals surface area contributed by atoms with Crippen LogP contribution in [0.4, 0.5) is 14.6 Å². The van der Waals surface area contributed by atoms with E-state index < -0.39 is 111 Å². The van der Waals surface area contributed by atoms with Crippen molar-refractivity contribution in [3.8, 4) is 11.5 Å². The number of amides is 3. The zero-order valence-corrected chi connectivity index (χ0v) is 52.4. The molecule has 3 aromatic heterocycles. The van der Waals surface area contributed by atoms with Crippen LogP contribution in [0.25, 0.3) is 11.2 Å². The van der Waals surface area contributed by atoms with Crippen LogP contribution in [0.5, 0.6) is 11.5 Å². The molecule has 4 fully saturated rings. The molecule has 11 atom stereocenters. The molecule has 3 N–H and O–H groups in total. The van der Waals surface area contributed by atoms with Gasteiger partial charge in [0.1, 0.15) is 42.2 Å². The first-order valence-corrected chi connectivity index (χ1v) is 33.6.